The number of nitrogens with zero attached hydrogens (tertiary/aromatic N) is 1. The van der Waals surface area contributed by atoms with Crippen molar-refractivity contribution in [1.82, 2.24) is 4.90 Å². The summed E-state index contributed by atoms with van der Waals surface area (Å²) in [5.41, 5.74) is 0.0519. The van der Waals surface area contributed by atoms with Gasteiger partial charge in [-0.05, 0) is 18.2 Å². The van der Waals surface area contributed by atoms with Crippen molar-refractivity contribution < 1.29 is 13.9 Å². The molecule has 0 saturated carbocycles. The molecule has 3 rings (SSSR count). The highest BCUT2D eigenvalue weighted by atomic mass is 35.5. The summed E-state index contributed by atoms with van der Waals surface area (Å²) < 4.78 is 10.8. The van der Waals surface area contributed by atoms with Crippen LogP contribution in [-0.4, -0.2) is 42.0 Å². The van der Waals surface area contributed by atoms with Crippen LogP contribution in [0.2, 0.25) is 10.0 Å². The molecule has 1 amide bonds. The van der Waals surface area contributed by atoms with Gasteiger partial charge in [-0.15, -0.1) is 0 Å². The third-order valence-electron chi connectivity index (χ3n) is 3.90. The number of hydrogen-bond donors (Lipinski definition) is 1. The van der Waals surface area contributed by atoms with E-state index >= 15 is 0 Å². The van der Waals surface area contributed by atoms with E-state index in [9.17, 15) is 9.59 Å². The number of hydrogen-bond acceptors (Lipinski definition) is 6. The summed E-state index contributed by atoms with van der Waals surface area (Å²) >= 11 is 13.8. The van der Waals surface area contributed by atoms with E-state index < -0.39 is 5.91 Å². The van der Waals surface area contributed by atoms with Gasteiger partial charge in [-0.3, -0.25) is 14.5 Å². The minimum absolute atomic E-state index is 0.0136. The van der Waals surface area contributed by atoms with E-state index in [1.807, 2.05) is 11.8 Å². The van der Waals surface area contributed by atoms with Crippen LogP contribution < -0.4 is 15.5 Å². The zero-order valence-electron chi connectivity index (χ0n) is 14.4. The van der Waals surface area contributed by atoms with Crippen LogP contribution in [0.4, 0.5) is 5.69 Å². The second-order valence-electron chi connectivity index (χ2n) is 5.92. The van der Waals surface area contributed by atoms with Crippen molar-refractivity contribution in [3.05, 3.63) is 56.6 Å². The number of amides is 1. The first kappa shape index (κ1) is 20.1. The Balaban J connectivity index is 1.55. The third-order valence-corrected chi connectivity index (χ3v) is 5.40. The van der Waals surface area contributed by atoms with Gasteiger partial charge in [-0.2, -0.15) is 11.8 Å². The topological polar surface area (TPSA) is 71.8 Å². The van der Waals surface area contributed by atoms with Crippen molar-refractivity contribution in [2.45, 2.75) is 6.54 Å². The van der Waals surface area contributed by atoms with E-state index in [1.165, 1.54) is 18.4 Å². The predicted molar refractivity (Wildman–Crippen MR) is 108 cm³/mol. The smallest absolute Gasteiger partial charge is 0.262 e. The SMILES string of the molecule is O=C(COc1coc(CN2CCSCC2)cc1=O)Nc1cc(Cl)ccc1Cl. The molecule has 1 fully saturated rings. The van der Waals surface area contributed by atoms with E-state index in [0.29, 0.717) is 28.0 Å². The van der Waals surface area contributed by atoms with E-state index in [0.717, 1.165) is 24.6 Å². The fraction of sp³-hybridized carbons (Fsp3) is 0.333. The van der Waals surface area contributed by atoms with Crippen LogP contribution in [0.15, 0.2) is 39.7 Å². The van der Waals surface area contributed by atoms with E-state index in [-0.39, 0.29) is 17.8 Å². The molecule has 1 aromatic carbocycles. The minimum atomic E-state index is -0.464. The maximum Gasteiger partial charge on any atom is 0.262 e. The Labute approximate surface area is 170 Å². The average molecular weight is 429 g/mol. The fourth-order valence-electron chi connectivity index (χ4n) is 2.53. The largest absolute Gasteiger partial charge is 0.477 e. The van der Waals surface area contributed by atoms with Gasteiger partial charge in [0.25, 0.3) is 5.91 Å². The molecule has 0 radical (unpaired) electrons. The van der Waals surface area contributed by atoms with Gasteiger partial charge < -0.3 is 14.5 Å². The Kier molecular flexibility index (Phi) is 7.07. The van der Waals surface area contributed by atoms with Crippen molar-refractivity contribution in [1.29, 1.82) is 0 Å². The lowest BCUT2D eigenvalue weighted by atomic mass is 10.3. The lowest BCUT2D eigenvalue weighted by molar-refractivity contribution is -0.118. The van der Waals surface area contributed by atoms with Crippen molar-refractivity contribution in [3.63, 3.8) is 0 Å². The predicted octanol–water partition coefficient (Wildman–Crippen LogP) is 3.51. The first-order valence-corrected chi connectivity index (χ1v) is 10.2. The number of rotatable bonds is 6. The van der Waals surface area contributed by atoms with Crippen molar-refractivity contribution >= 4 is 46.6 Å². The van der Waals surface area contributed by atoms with Crippen LogP contribution in [0, 0.1) is 0 Å². The second kappa shape index (κ2) is 9.50. The number of halogens is 2. The van der Waals surface area contributed by atoms with Crippen LogP contribution in [0.1, 0.15) is 5.76 Å². The number of carbonyl (C=O) groups excluding carboxylic acids is 1. The van der Waals surface area contributed by atoms with Crippen LogP contribution in [0.3, 0.4) is 0 Å². The highest BCUT2D eigenvalue weighted by Gasteiger charge is 2.14. The molecule has 2 aromatic rings. The number of thioether (sulfide) groups is 1. The maximum atomic E-state index is 12.2. The maximum absolute atomic E-state index is 12.2. The average Bonchev–Trinajstić information content (AvgIpc) is 2.65. The quantitative estimate of drug-likeness (QED) is 0.758. The molecule has 1 aromatic heterocycles. The molecule has 0 aliphatic carbocycles. The number of anilines is 1. The first-order valence-electron chi connectivity index (χ1n) is 8.31. The lowest BCUT2D eigenvalue weighted by Crippen LogP contribution is -2.32. The standard InChI is InChI=1S/C18H18Cl2N2O4S/c19-12-1-2-14(20)15(7-12)21-18(24)11-26-17-10-25-13(8-16(17)23)9-22-3-5-27-6-4-22/h1-2,7-8,10H,3-6,9,11H2,(H,21,24). The molecule has 0 unspecified atom stereocenters. The Bertz CT molecular complexity index is 869. The molecule has 27 heavy (non-hydrogen) atoms. The van der Waals surface area contributed by atoms with Gasteiger partial charge in [0.2, 0.25) is 11.2 Å². The molecule has 6 nitrogen and oxygen atoms in total. The Morgan fingerprint density at radius 1 is 1.26 bits per heavy atom. The highest BCUT2D eigenvalue weighted by molar-refractivity contribution is 7.99. The molecular formula is C18H18Cl2N2O4S. The van der Waals surface area contributed by atoms with E-state index in [1.54, 1.807) is 12.1 Å². The van der Waals surface area contributed by atoms with Crippen molar-refractivity contribution in [2.75, 3.05) is 36.5 Å². The zero-order chi connectivity index (χ0) is 19.2. The summed E-state index contributed by atoms with van der Waals surface area (Å²) in [5.74, 6) is 2.26. The summed E-state index contributed by atoms with van der Waals surface area (Å²) in [4.78, 5) is 26.4. The number of benzene rings is 1. The molecule has 0 bridgehead atoms. The molecule has 144 valence electrons. The number of nitrogens with one attached hydrogen (secondary N) is 1. The number of carbonyl (C=O) groups is 1. The summed E-state index contributed by atoms with van der Waals surface area (Å²) in [6.07, 6.45) is 1.25. The van der Waals surface area contributed by atoms with Crippen LogP contribution in [-0.2, 0) is 11.3 Å². The lowest BCUT2D eigenvalue weighted by Gasteiger charge is -2.25. The molecule has 1 saturated heterocycles. The Morgan fingerprint density at radius 3 is 2.78 bits per heavy atom. The fourth-order valence-corrected chi connectivity index (χ4v) is 3.84. The van der Waals surface area contributed by atoms with Crippen molar-refractivity contribution in [2.24, 2.45) is 0 Å². The van der Waals surface area contributed by atoms with Crippen molar-refractivity contribution in [3.8, 4) is 5.75 Å². The zero-order valence-corrected chi connectivity index (χ0v) is 16.7. The molecule has 0 spiro atoms. The molecule has 2 heterocycles. The van der Waals surface area contributed by atoms with E-state index in [4.69, 9.17) is 32.4 Å². The summed E-state index contributed by atoms with van der Waals surface area (Å²) in [6.45, 7) is 2.18. The molecule has 9 heteroatoms. The van der Waals surface area contributed by atoms with Crippen LogP contribution >= 0.6 is 35.0 Å². The van der Waals surface area contributed by atoms with E-state index in [2.05, 4.69) is 10.2 Å². The van der Waals surface area contributed by atoms with Gasteiger partial charge in [0.15, 0.2) is 6.61 Å². The van der Waals surface area contributed by atoms with Gasteiger partial charge in [0.1, 0.15) is 12.0 Å². The summed E-state index contributed by atoms with van der Waals surface area (Å²) in [5, 5.41) is 3.38. The second-order valence-corrected chi connectivity index (χ2v) is 7.99. The molecular weight excluding hydrogens is 411 g/mol. The Morgan fingerprint density at radius 2 is 2.04 bits per heavy atom. The summed E-state index contributed by atoms with van der Waals surface area (Å²) in [7, 11) is 0. The third kappa shape index (κ3) is 5.90. The Hall–Kier alpha value is -1.67. The number of ether oxygens (including phenoxy) is 1. The van der Waals surface area contributed by atoms with Gasteiger partial charge >= 0.3 is 0 Å². The molecule has 1 aliphatic heterocycles. The van der Waals surface area contributed by atoms with Gasteiger partial charge in [-0.1, -0.05) is 23.2 Å². The minimum Gasteiger partial charge on any atom is -0.477 e. The highest BCUT2D eigenvalue weighted by Crippen LogP contribution is 2.25. The molecule has 0 atom stereocenters. The monoisotopic (exact) mass is 428 g/mol. The van der Waals surface area contributed by atoms with Crippen LogP contribution in [0.25, 0.3) is 0 Å². The van der Waals surface area contributed by atoms with Gasteiger partial charge in [0, 0.05) is 35.7 Å². The molecule has 1 N–H and O–H groups in total. The van der Waals surface area contributed by atoms with Gasteiger partial charge in [0.05, 0.1) is 17.3 Å². The normalized spacial score (nSPS) is 14.7. The first-order chi connectivity index (χ1) is 13.0. The van der Waals surface area contributed by atoms with Crippen LogP contribution in [0.5, 0.6) is 5.75 Å². The van der Waals surface area contributed by atoms with Gasteiger partial charge in [-0.25, -0.2) is 0 Å². The summed E-state index contributed by atoms with van der Waals surface area (Å²) in [6, 6.07) is 6.13. The molecule has 1 aliphatic rings.